The monoisotopic (exact) mass is 189 g/mol. The molecule has 3 nitrogen and oxygen atoms in total. The fraction of sp³-hybridized carbons (Fsp3) is 0.0909. The second kappa shape index (κ2) is 3.55. The van der Waals surface area contributed by atoms with Crippen molar-refractivity contribution < 1.29 is 9.52 Å². The Morgan fingerprint density at radius 3 is 2.36 bits per heavy atom. The molecule has 0 atom stereocenters. The van der Waals surface area contributed by atoms with Crippen molar-refractivity contribution in [2.75, 3.05) is 0 Å². The summed E-state index contributed by atoms with van der Waals surface area (Å²) in [5, 5.41) is 9.10. The Hall–Kier alpha value is -1.74. The van der Waals surface area contributed by atoms with Crippen molar-refractivity contribution in [2.24, 2.45) is 5.73 Å². The predicted molar refractivity (Wildman–Crippen MR) is 53.7 cm³/mol. The summed E-state index contributed by atoms with van der Waals surface area (Å²) in [6.45, 7) is 0.401. The Morgan fingerprint density at radius 2 is 1.79 bits per heavy atom. The molecule has 2 aromatic rings. The summed E-state index contributed by atoms with van der Waals surface area (Å²) in [4.78, 5) is 0. The molecule has 2 rings (SSSR count). The lowest BCUT2D eigenvalue weighted by atomic mass is 10.2. The summed E-state index contributed by atoms with van der Waals surface area (Å²) >= 11 is 0. The van der Waals surface area contributed by atoms with Gasteiger partial charge in [0.1, 0.15) is 17.3 Å². The first-order valence-corrected chi connectivity index (χ1v) is 4.38. The van der Waals surface area contributed by atoms with E-state index >= 15 is 0 Å². The average molecular weight is 189 g/mol. The van der Waals surface area contributed by atoms with Crippen LogP contribution in [0.1, 0.15) is 5.76 Å². The number of hydrogen-bond acceptors (Lipinski definition) is 3. The quantitative estimate of drug-likeness (QED) is 0.760. The van der Waals surface area contributed by atoms with Gasteiger partial charge in [0, 0.05) is 5.56 Å². The molecule has 0 aliphatic heterocycles. The highest BCUT2D eigenvalue weighted by atomic mass is 16.3. The van der Waals surface area contributed by atoms with Crippen LogP contribution in [0.2, 0.25) is 0 Å². The minimum absolute atomic E-state index is 0.249. The van der Waals surface area contributed by atoms with Gasteiger partial charge in [-0.05, 0) is 36.4 Å². The number of hydrogen-bond donors (Lipinski definition) is 2. The molecule has 0 amide bonds. The van der Waals surface area contributed by atoms with E-state index in [-0.39, 0.29) is 5.75 Å². The molecule has 0 aliphatic rings. The Labute approximate surface area is 81.8 Å². The minimum Gasteiger partial charge on any atom is -0.508 e. The smallest absolute Gasteiger partial charge is 0.134 e. The van der Waals surface area contributed by atoms with E-state index in [0.29, 0.717) is 6.54 Å². The van der Waals surface area contributed by atoms with Crippen molar-refractivity contribution >= 4 is 0 Å². The molecular formula is C11H11NO2. The summed E-state index contributed by atoms with van der Waals surface area (Å²) in [6, 6.07) is 10.6. The Kier molecular flexibility index (Phi) is 2.24. The number of furan rings is 1. The molecule has 0 spiro atoms. The van der Waals surface area contributed by atoms with Gasteiger partial charge in [-0.2, -0.15) is 0 Å². The molecule has 0 bridgehead atoms. The summed E-state index contributed by atoms with van der Waals surface area (Å²) in [5.74, 6) is 1.78. The van der Waals surface area contributed by atoms with E-state index in [1.165, 1.54) is 0 Å². The van der Waals surface area contributed by atoms with Gasteiger partial charge in [-0.1, -0.05) is 0 Å². The van der Waals surface area contributed by atoms with Crippen molar-refractivity contribution in [3.8, 4) is 17.1 Å². The maximum absolute atomic E-state index is 9.10. The summed E-state index contributed by atoms with van der Waals surface area (Å²) < 4.78 is 5.45. The first-order chi connectivity index (χ1) is 6.79. The predicted octanol–water partition coefficient (Wildman–Crippen LogP) is 2.11. The molecule has 3 heteroatoms. The lowest BCUT2D eigenvalue weighted by molar-refractivity contribution is 0.475. The van der Waals surface area contributed by atoms with Crippen molar-refractivity contribution in [2.45, 2.75) is 6.54 Å². The zero-order valence-corrected chi connectivity index (χ0v) is 7.60. The van der Waals surface area contributed by atoms with Gasteiger partial charge in [0.2, 0.25) is 0 Å². The number of aromatic hydroxyl groups is 1. The Morgan fingerprint density at radius 1 is 1.07 bits per heavy atom. The van der Waals surface area contributed by atoms with Gasteiger partial charge in [-0.25, -0.2) is 0 Å². The second-order valence-corrected chi connectivity index (χ2v) is 3.02. The Balaban J connectivity index is 2.34. The summed E-state index contributed by atoms with van der Waals surface area (Å²) in [6.07, 6.45) is 0. The maximum atomic E-state index is 9.10. The van der Waals surface area contributed by atoms with Gasteiger partial charge in [0.15, 0.2) is 0 Å². The van der Waals surface area contributed by atoms with E-state index in [1.807, 2.05) is 12.1 Å². The SMILES string of the molecule is NCc1ccc(-c2ccc(O)cc2)o1. The maximum Gasteiger partial charge on any atom is 0.134 e. The van der Waals surface area contributed by atoms with Crippen molar-refractivity contribution in [3.05, 3.63) is 42.2 Å². The summed E-state index contributed by atoms with van der Waals surface area (Å²) in [5.41, 5.74) is 6.36. The topological polar surface area (TPSA) is 59.4 Å². The van der Waals surface area contributed by atoms with Crippen LogP contribution < -0.4 is 5.73 Å². The van der Waals surface area contributed by atoms with Gasteiger partial charge in [0.25, 0.3) is 0 Å². The van der Waals surface area contributed by atoms with Crippen LogP contribution in [0.25, 0.3) is 11.3 Å². The normalized spacial score (nSPS) is 10.4. The van der Waals surface area contributed by atoms with Gasteiger partial charge in [-0.3, -0.25) is 0 Å². The van der Waals surface area contributed by atoms with Crippen LogP contribution in [0.15, 0.2) is 40.8 Å². The molecule has 1 heterocycles. The van der Waals surface area contributed by atoms with E-state index in [1.54, 1.807) is 24.3 Å². The van der Waals surface area contributed by atoms with Gasteiger partial charge in [0.05, 0.1) is 6.54 Å². The third-order valence-electron chi connectivity index (χ3n) is 2.01. The third kappa shape index (κ3) is 1.63. The fourth-order valence-corrected chi connectivity index (χ4v) is 1.27. The Bertz CT molecular complexity index is 417. The molecule has 1 aromatic heterocycles. The van der Waals surface area contributed by atoms with Crippen molar-refractivity contribution in [1.82, 2.24) is 0 Å². The molecule has 14 heavy (non-hydrogen) atoms. The standard InChI is InChI=1S/C11H11NO2/c12-7-10-5-6-11(14-10)8-1-3-9(13)4-2-8/h1-6,13H,7,12H2. The molecule has 3 N–H and O–H groups in total. The highest BCUT2D eigenvalue weighted by molar-refractivity contribution is 5.58. The number of benzene rings is 1. The highest BCUT2D eigenvalue weighted by Gasteiger charge is 2.02. The first kappa shape index (κ1) is 8.84. The van der Waals surface area contributed by atoms with Gasteiger partial charge < -0.3 is 15.3 Å². The van der Waals surface area contributed by atoms with Crippen molar-refractivity contribution in [1.29, 1.82) is 0 Å². The zero-order valence-electron chi connectivity index (χ0n) is 7.60. The van der Waals surface area contributed by atoms with Gasteiger partial charge >= 0.3 is 0 Å². The number of phenolic OH excluding ortho intramolecular Hbond substituents is 1. The van der Waals surface area contributed by atoms with Crippen LogP contribution in [0.3, 0.4) is 0 Å². The first-order valence-electron chi connectivity index (χ1n) is 4.38. The molecule has 0 fully saturated rings. The molecule has 1 aromatic carbocycles. The molecule has 0 unspecified atom stereocenters. The molecule has 72 valence electrons. The van der Waals surface area contributed by atoms with E-state index < -0.39 is 0 Å². The van der Waals surface area contributed by atoms with Crippen LogP contribution in [-0.2, 0) is 6.54 Å². The van der Waals surface area contributed by atoms with Crippen LogP contribution in [0.5, 0.6) is 5.75 Å². The minimum atomic E-state index is 0.249. The average Bonchev–Trinajstić information content (AvgIpc) is 2.67. The number of phenols is 1. The number of nitrogens with two attached hydrogens (primary N) is 1. The van der Waals surface area contributed by atoms with Crippen LogP contribution in [0, 0.1) is 0 Å². The van der Waals surface area contributed by atoms with Crippen molar-refractivity contribution in [3.63, 3.8) is 0 Å². The van der Waals surface area contributed by atoms with E-state index in [0.717, 1.165) is 17.1 Å². The van der Waals surface area contributed by atoms with Crippen LogP contribution in [0.4, 0.5) is 0 Å². The third-order valence-corrected chi connectivity index (χ3v) is 2.01. The largest absolute Gasteiger partial charge is 0.508 e. The van der Waals surface area contributed by atoms with Crippen LogP contribution >= 0.6 is 0 Å². The van der Waals surface area contributed by atoms with Gasteiger partial charge in [-0.15, -0.1) is 0 Å². The van der Waals surface area contributed by atoms with E-state index in [2.05, 4.69) is 0 Å². The zero-order chi connectivity index (χ0) is 9.97. The molecule has 0 aliphatic carbocycles. The second-order valence-electron chi connectivity index (χ2n) is 3.02. The van der Waals surface area contributed by atoms with Crippen LogP contribution in [-0.4, -0.2) is 5.11 Å². The molecule has 0 saturated heterocycles. The lowest BCUT2D eigenvalue weighted by Crippen LogP contribution is -1.92. The lowest BCUT2D eigenvalue weighted by Gasteiger charge is -1.96. The molecular weight excluding hydrogens is 178 g/mol. The molecule has 0 saturated carbocycles. The summed E-state index contributed by atoms with van der Waals surface area (Å²) in [7, 11) is 0. The highest BCUT2D eigenvalue weighted by Crippen LogP contribution is 2.23. The van der Waals surface area contributed by atoms with E-state index in [4.69, 9.17) is 15.3 Å². The fourth-order valence-electron chi connectivity index (χ4n) is 1.27. The molecule has 0 radical (unpaired) electrons. The number of rotatable bonds is 2. The van der Waals surface area contributed by atoms with E-state index in [9.17, 15) is 0 Å².